The number of hydrogen-bond donors (Lipinski definition) is 1. The average molecular weight is 314 g/mol. The fourth-order valence-corrected chi connectivity index (χ4v) is 2.69. The Morgan fingerprint density at radius 1 is 1.18 bits per heavy atom. The number of aromatic nitrogens is 4. The number of thioether (sulfide) groups is 1. The summed E-state index contributed by atoms with van der Waals surface area (Å²) >= 11 is 1.19. The Bertz CT molecular complexity index is 829. The maximum atomic E-state index is 11.0. The third-order valence-corrected chi connectivity index (χ3v) is 4.21. The van der Waals surface area contributed by atoms with Crippen LogP contribution in [-0.4, -0.2) is 36.1 Å². The van der Waals surface area contributed by atoms with Crippen LogP contribution in [0.15, 0.2) is 41.4 Å². The fraction of sp³-hybridized carbons (Fsp3) is 0.200. The van der Waals surface area contributed by atoms with E-state index < -0.39 is 11.2 Å². The van der Waals surface area contributed by atoms with Crippen molar-refractivity contribution in [2.45, 2.75) is 24.1 Å². The smallest absolute Gasteiger partial charge is 0.316 e. The van der Waals surface area contributed by atoms with Crippen LogP contribution in [0.3, 0.4) is 0 Å². The van der Waals surface area contributed by atoms with E-state index in [9.17, 15) is 4.79 Å². The molecule has 0 aliphatic carbocycles. The zero-order chi connectivity index (χ0) is 15.7. The van der Waals surface area contributed by atoms with Crippen molar-refractivity contribution in [1.29, 1.82) is 0 Å². The highest BCUT2D eigenvalue weighted by molar-refractivity contribution is 8.00. The summed E-state index contributed by atoms with van der Waals surface area (Å²) in [4.78, 5) is 11.0. The van der Waals surface area contributed by atoms with E-state index in [1.165, 1.54) is 11.8 Å². The van der Waals surface area contributed by atoms with Crippen molar-refractivity contribution in [3.8, 4) is 11.4 Å². The minimum Gasteiger partial charge on any atom is -0.480 e. The van der Waals surface area contributed by atoms with Gasteiger partial charge in [0.25, 0.3) is 0 Å². The van der Waals surface area contributed by atoms with Gasteiger partial charge in [-0.3, -0.25) is 4.79 Å². The molecular weight excluding hydrogens is 300 g/mol. The van der Waals surface area contributed by atoms with E-state index in [1.807, 2.05) is 31.2 Å². The van der Waals surface area contributed by atoms with E-state index in [0.29, 0.717) is 16.5 Å². The van der Waals surface area contributed by atoms with E-state index in [-0.39, 0.29) is 0 Å². The molecule has 1 N–H and O–H groups in total. The Morgan fingerprint density at radius 3 is 2.59 bits per heavy atom. The molecule has 22 heavy (non-hydrogen) atoms. The molecule has 2 aromatic heterocycles. The van der Waals surface area contributed by atoms with Crippen LogP contribution in [0.4, 0.5) is 0 Å². The highest BCUT2D eigenvalue weighted by Crippen LogP contribution is 2.23. The number of aryl methyl sites for hydroxylation is 1. The first-order chi connectivity index (χ1) is 10.5. The third-order valence-electron chi connectivity index (χ3n) is 3.19. The Kier molecular flexibility index (Phi) is 3.81. The molecule has 2 heterocycles. The first kappa shape index (κ1) is 14.5. The number of fused-ring (bicyclic) bond motifs is 1. The maximum absolute atomic E-state index is 11.0. The van der Waals surface area contributed by atoms with Crippen molar-refractivity contribution in [2.24, 2.45) is 0 Å². The van der Waals surface area contributed by atoms with Gasteiger partial charge in [0, 0.05) is 5.56 Å². The quantitative estimate of drug-likeness (QED) is 0.746. The topological polar surface area (TPSA) is 80.4 Å². The Hall–Kier alpha value is -2.41. The molecule has 1 atom stereocenters. The minimum atomic E-state index is -0.866. The molecule has 1 aromatic carbocycles. The fourth-order valence-electron chi connectivity index (χ4n) is 1.95. The molecule has 0 aliphatic heterocycles. The van der Waals surface area contributed by atoms with Gasteiger partial charge in [-0.05, 0) is 26.0 Å². The van der Waals surface area contributed by atoms with E-state index in [1.54, 1.807) is 23.6 Å². The Morgan fingerprint density at radius 2 is 1.91 bits per heavy atom. The van der Waals surface area contributed by atoms with Gasteiger partial charge in [-0.2, -0.15) is 9.61 Å². The molecule has 0 aliphatic rings. The van der Waals surface area contributed by atoms with Crippen molar-refractivity contribution < 1.29 is 9.90 Å². The van der Waals surface area contributed by atoms with Crippen molar-refractivity contribution in [3.05, 3.63) is 42.0 Å². The van der Waals surface area contributed by atoms with Gasteiger partial charge in [0.05, 0.1) is 0 Å². The second-order valence-corrected chi connectivity index (χ2v) is 6.29. The second kappa shape index (κ2) is 5.76. The van der Waals surface area contributed by atoms with Gasteiger partial charge in [0.1, 0.15) is 10.3 Å². The van der Waals surface area contributed by atoms with E-state index in [0.717, 1.165) is 11.1 Å². The zero-order valence-electron chi connectivity index (χ0n) is 12.1. The van der Waals surface area contributed by atoms with E-state index in [2.05, 4.69) is 15.3 Å². The van der Waals surface area contributed by atoms with Gasteiger partial charge in [0.15, 0.2) is 11.5 Å². The molecule has 112 valence electrons. The van der Waals surface area contributed by atoms with Crippen LogP contribution in [0.1, 0.15) is 12.5 Å². The average Bonchev–Trinajstić information content (AvgIpc) is 2.91. The second-order valence-electron chi connectivity index (χ2n) is 4.93. The number of nitrogens with zero attached hydrogens (tertiary/aromatic N) is 4. The molecule has 0 fully saturated rings. The molecule has 6 nitrogen and oxygen atoms in total. The van der Waals surface area contributed by atoms with Gasteiger partial charge in [-0.1, -0.05) is 41.6 Å². The van der Waals surface area contributed by atoms with Gasteiger partial charge >= 0.3 is 5.97 Å². The molecule has 0 saturated carbocycles. The van der Waals surface area contributed by atoms with Crippen LogP contribution in [0.2, 0.25) is 0 Å². The van der Waals surface area contributed by atoms with Crippen molar-refractivity contribution in [2.75, 3.05) is 0 Å². The molecule has 0 spiro atoms. The van der Waals surface area contributed by atoms with Crippen molar-refractivity contribution in [1.82, 2.24) is 19.8 Å². The van der Waals surface area contributed by atoms with Crippen LogP contribution in [0.5, 0.6) is 0 Å². The summed E-state index contributed by atoms with van der Waals surface area (Å²) in [5, 5.41) is 21.8. The van der Waals surface area contributed by atoms with Crippen LogP contribution in [0.25, 0.3) is 17.0 Å². The lowest BCUT2D eigenvalue weighted by atomic mass is 10.1. The lowest BCUT2D eigenvalue weighted by molar-refractivity contribution is -0.136. The molecule has 0 bridgehead atoms. The molecule has 0 radical (unpaired) electrons. The largest absolute Gasteiger partial charge is 0.480 e. The summed E-state index contributed by atoms with van der Waals surface area (Å²) in [6.45, 7) is 3.65. The minimum absolute atomic E-state index is 0.566. The summed E-state index contributed by atoms with van der Waals surface area (Å²) in [5.41, 5.74) is 2.71. The third kappa shape index (κ3) is 2.80. The van der Waals surface area contributed by atoms with Gasteiger partial charge in [0.2, 0.25) is 0 Å². The summed E-state index contributed by atoms with van der Waals surface area (Å²) in [6.07, 6.45) is 0. The summed E-state index contributed by atoms with van der Waals surface area (Å²) < 4.78 is 1.64. The molecule has 0 amide bonds. The Balaban J connectivity index is 2.01. The van der Waals surface area contributed by atoms with Crippen LogP contribution >= 0.6 is 11.8 Å². The van der Waals surface area contributed by atoms with E-state index in [4.69, 9.17) is 5.11 Å². The first-order valence-electron chi connectivity index (χ1n) is 6.73. The van der Waals surface area contributed by atoms with E-state index >= 15 is 0 Å². The van der Waals surface area contributed by atoms with Crippen LogP contribution in [-0.2, 0) is 4.79 Å². The van der Waals surface area contributed by atoms with Gasteiger partial charge in [-0.25, -0.2) is 0 Å². The first-order valence-corrected chi connectivity index (χ1v) is 7.61. The number of carboxylic acid groups (broad SMARTS) is 1. The maximum Gasteiger partial charge on any atom is 0.316 e. The predicted molar refractivity (Wildman–Crippen MR) is 83.9 cm³/mol. The molecule has 0 unspecified atom stereocenters. The molecule has 3 aromatic rings. The molecule has 0 saturated heterocycles. The molecule has 7 heteroatoms. The normalized spacial score (nSPS) is 12.5. The van der Waals surface area contributed by atoms with Gasteiger partial charge in [-0.15, -0.1) is 10.2 Å². The summed E-state index contributed by atoms with van der Waals surface area (Å²) in [7, 11) is 0. The lowest BCUT2D eigenvalue weighted by Crippen LogP contribution is -2.11. The SMILES string of the molecule is Cc1ccc(-c2nnc3ccc(S[C@@H](C)C(=O)O)nn23)cc1. The number of carbonyl (C=O) groups is 1. The predicted octanol–water partition coefficient (Wildman–Crippen LogP) is 2.66. The zero-order valence-corrected chi connectivity index (χ0v) is 12.9. The van der Waals surface area contributed by atoms with Crippen LogP contribution in [0, 0.1) is 6.92 Å². The van der Waals surface area contributed by atoms with Crippen molar-refractivity contribution >= 4 is 23.4 Å². The lowest BCUT2D eigenvalue weighted by Gasteiger charge is -2.06. The monoisotopic (exact) mass is 314 g/mol. The summed E-state index contributed by atoms with van der Waals surface area (Å²) in [6, 6.07) is 11.5. The number of aliphatic carboxylic acids is 1. The standard InChI is InChI=1S/C15H14N4O2S/c1-9-3-5-11(6-4-9)14-17-16-12-7-8-13(18-19(12)14)22-10(2)15(20)21/h3-8,10H,1-2H3,(H,20,21)/t10-/m0/s1. The number of rotatable bonds is 4. The molecular formula is C15H14N4O2S. The number of carboxylic acids is 1. The number of hydrogen-bond acceptors (Lipinski definition) is 5. The number of benzene rings is 1. The highest BCUT2D eigenvalue weighted by atomic mass is 32.2. The van der Waals surface area contributed by atoms with Crippen molar-refractivity contribution in [3.63, 3.8) is 0 Å². The van der Waals surface area contributed by atoms with Gasteiger partial charge < -0.3 is 5.11 Å². The summed E-state index contributed by atoms with van der Waals surface area (Å²) in [5.74, 6) is -0.227. The molecule has 3 rings (SSSR count). The van der Waals surface area contributed by atoms with Crippen LogP contribution < -0.4 is 0 Å². The Labute approximate surface area is 131 Å². The highest BCUT2D eigenvalue weighted by Gasteiger charge is 2.15.